The second-order valence-corrected chi connectivity index (χ2v) is 4.12. The lowest BCUT2D eigenvalue weighted by Gasteiger charge is -2.09. The molecular weight excluding hydrogens is 252 g/mol. The molecule has 0 unspecified atom stereocenters. The van der Waals surface area contributed by atoms with Gasteiger partial charge in [-0.05, 0) is 30.7 Å². The van der Waals surface area contributed by atoms with Crippen LogP contribution in [0.1, 0.15) is 23.0 Å². The Hall–Kier alpha value is -1.81. The molecule has 0 spiro atoms. The molecule has 0 saturated heterocycles. The summed E-state index contributed by atoms with van der Waals surface area (Å²) in [5.41, 5.74) is 1.43. The van der Waals surface area contributed by atoms with Crippen LogP contribution in [-0.2, 0) is 11.3 Å². The van der Waals surface area contributed by atoms with E-state index in [2.05, 4.69) is 4.98 Å². The Kier molecular flexibility index (Phi) is 3.99. The van der Waals surface area contributed by atoms with E-state index in [9.17, 15) is 4.79 Å². The Morgan fingerprint density at radius 2 is 2.33 bits per heavy atom. The molecule has 0 amide bonds. The van der Waals surface area contributed by atoms with Gasteiger partial charge in [-0.2, -0.15) is 0 Å². The molecule has 0 aromatic carbocycles. The average molecular weight is 265 g/mol. The van der Waals surface area contributed by atoms with Crippen LogP contribution in [0.3, 0.4) is 0 Å². The Morgan fingerprint density at radius 1 is 1.50 bits per heavy atom. The predicted octanol–water partition coefficient (Wildman–Crippen LogP) is 2.76. The summed E-state index contributed by atoms with van der Waals surface area (Å²) in [6.07, 6.45) is 5.09. The molecule has 0 aliphatic heterocycles. The van der Waals surface area contributed by atoms with Crippen LogP contribution in [0.15, 0.2) is 36.8 Å². The summed E-state index contributed by atoms with van der Waals surface area (Å²) in [6.45, 7) is 2.66. The molecule has 94 valence electrons. The van der Waals surface area contributed by atoms with Crippen molar-refractivity contribution < 1.29 is 9.53 Å². The summed E-state index contributed by atoms with van der Waals surface area (Å²) in [6, 6.07) is 5.37. The van der Waals surface area contributed by atoms with Crippen LogP contribution >= 0.6 is 11.6 Å². The van der Waals surface area contributed by atoms with Gasteiger partial charge in [0.2, 0.25) is 0 Å². The van der Waals surface area contributed by atoms with E-state index < -0.39 is 0 Å². The number of pyridine rings is 1. The van der Waals surface area contributed by atoms with Gasteiger partial charge in [0.1, 0.15) is 5.69 Å². The Balaban J connectivity index is 2.23. The van der Waals surface area contributed by atoms with Crippen molar-refractivity contribution in [2.24, 2.45) is 0 Å². The normalized spacial score (nSPS) is 10.3. The summed E-state index contributed by atoms with van der Waals surface area (Å²) in [5, 5.41) is 0.584. The summed E-state index contributed by atoms with van der Waals surface area (Å²) in [7, 11) is 0. The van der Waals surface area contributed by atoms with Crippen LogP contribution in [0.2, 0.25) is 5.02 Å². The number of aromatic nitrogens is 2. The quantitative estimate of drug-likeness (QED) is 0.798. The van der Waals surface area contributed by atoms with E-state index in [1.807, 2.05) is 12.3 Å². The Bertz CT molecular complexity index is 551. The number of hydrogen-bond acceptors (Lipinski definition) is 3. The van der Waals surface area contributed by atoms with Gasteiger partial charge in [-0.25, -0.2) is 4.79 Å². The Labute approximate surface area is 110 Å². The molecule has 0 bridgehead atoms. The lowest BCUT2D eigenvalue weighted by Crippen LogP contribution is -2.12. The maximum absolute atomic E-state index is 11.7. The number of ether oxygens (including phenoxy) is 1. The molecule has 2 heterocycles. The summed E-state index contributed by atoms with van der Waals surface area (Å²) in [4.78, 5) is 15.6. The first-order valence-corrected chi connectivity index (χ1v) is 6.00. The van der Waals surface area contributed by atoms with Gasteiger partial charge < -0.3 is 9.30 Å². The maximum atomic E-state index is 11.7. The summed E-state index contributed by atoms with van der Waals surface area (Å²) >= 11 is 6.04. The van der Waals surface area contributed by atoms with E-state index in [0.717, 1.165) is 5.56 Å². The molecule has 2 aromatic rings. The van der Waals surface area contributed by atoms with Crippen LogP contribution in [0.4, 0.5) is 0 Å². The molecule has 0 fully saturated rings. The first kappa shape index (κ1) is 12.6. The molecule has 0 aliphatic carbocycles. The van der Waals surface area contributed by atoms with Crippen molar-refractivity contribution in [3.05, 3.63) is 53.1 Å². The van der Waals surface area contributed by atoms with Gasteiger partial charge >= 0.3 is 5.97 Å². The van der Waals surface area contributed by atoms with Gasteiger partial charge in [0.15, 0.2) is 0 Å². The number of carbonyl (C=O) groups is 1. The first-order valence-electron chi connectivity index (χ1n) is 5.63. The van der Waals surface area contributed by atoms with Gasteiger partial charge in [-0.15, -0.1) is 0 Å². The monoisotopic (exact) mass is 264 g/mol. The zero-order chi connectivity index (χ0) is 13.0. The molecule has 4 nitrogen and oxygen atoms in total. The first-order chi connectivity index (χ1) is 8.72. The lowest BCUT2D eigenvalue weighted by molar-refractivity contribution is 0.0514. The van der Waals surface area contributed by atoms with Gasteiger partial charge in [0.25, 0.3) is 0 Å². The molecule has 0 radical (unpaired) electrons. The van der Waals surface area contributed by atoms with E-state index in [-0.39, 0.29) is 5.97 Å². The van der Waals surface area contributed by atoms with Crippen LogP contribution in [0.25, 0.3) is 0 Å². The summed E-state index contributed by atoms with van der Waals surface area (Å²) in [5.74, 6) is -0.326. The van der Waals surface area contributed by atoms with Crippen molar-refractivity contribution >= 4 is 17.6 Å². The molecule has 2 rings (SSSR count). The zero-order valence-electron chi connectivity index (χ0n) is 9.97. The van der Waals surface area contributed by atoms with Gasteiger partial charge in [0, 0.05) is 25.1 Å². The smallest absolute Gasteiger partial charge is 0.354 e. The molecular formula is C13H13ClN2O2. The highest BCUT2D eigenvalue weighted by atomic mass is 35.5. The zero-order valence-corrected chi connectivity index (χ0v) is 10.7. The molecule has 0 N–H and O–H groups in total. The van der Waals surface area contributed by atoms with E-state index >= 15 is 0 Å². The number of rotatable bonds is 4. The van der Waals surface area contributed by atoms with E-state index in [0.29, 0.717) is 23.9 Å². The number of carbonyl (C=O) groups excluding carboxylic acids is 1. The van der Waals surface area contributed by atoms with Gasteiger partial charge in [0.05, 0.1) is 11.6 Å². The van der Waals surface area contributed by atoms with Gasteiger partial charge in [-0.3, -0.25) is 4.98 Å². The van der Waals surface area contributed by atoms with Crippen molar-refractivity contribution in [1.82, 2.24) is 9.55 Å². The highest BCUT2D eigenvalue weighted by molar-refractivity contribution is 6.31. The van der Waals surface area contributed by atoms with Crippen molar-refractivity contribution in [2.75, 3.05) is 6.61 Å². The van der Waals surface area contributed by atoms with E-state index in [4.69, 9.17) is 16.3 Å². The highest BCUT2D eigenvalue weighted by Gasteiger charge is 2.12. The number of halogens is 1. The van der Waals surface area contributed by atoms with Crippen LogP contribution in [0, 0.1) is 0 Å². The van der Waals surface area contributed by atoms with Crippen LogP contribution in [-0.4, -0.2) is 22.1 Å². The fourth-order valence-electron chi connectivity index (χ4n) is 1.66. The molecule has 0 atom stereocenters. The molecule has 2 aromatic heterocycles. The number of nitrogens with zero attached hydrogens (tertiary/aromatic N) is 2. The SMILES string of the molecule is CCOC(=O)c1cccn1Cc1ccncc1Cl. The fourth-order valence-corrected chi connectivity index (χ4v) is 1.84. The predicted molar refractivity (Wildman–Crippen MR) is 68.7 cm³/mol. The van der Waals surface area contributed by atoms with Crippen molar-refractivity contribution in [1.29, 1.82) is 0 Å². The third kappa shape index (κ3) is 2.71. The Morgan fingerprint density at radius 3 is 3.06 bits per heavy atom. The molecule has 5 heteroatoms. The largest absolute Gasteiger partial charge is 0.461 e. The molecule has 0 aliphatic rings. The minimum absolute atomic E-state index is 0.326. The standard InChI is InChI=1S/C13H13ClN2O2/c1-2-18-13(17)12-4-3-7-16(12)9-10-5-6-15-8-11(10)14/h3-8H,2,9H2,1H3. The minimum atomic E-state index is -0.326. The lowest BCUT2D eigenvalue weighted by atomic mass is 10.2. The second kappa shape index (κ2) is 5.69. The van der Waals surface area contributed by atoms with Crippen molar-refractivity contribution in [3.8, 4) is 0 Å². The second-order valence-electron chi connectivity index (χ2n) is 3.71. The number of hydrogen-bond donors (Lipinski definition) is 0. The van der Waals surface area contributed by atoms with Gasteiger partial charge in [-0.1, -0.05) is 11.6 Å². The molecule has 0 saturated carbocycles. The number of esters is 1. The third-order valence-electron chi connectivity index (χ3n) is 2.51. The van der Waals surface area contributed by atoms with E-state index in [1.54, 1.807) is 36.0 Å². The highest BCUT2D eigenvalue weighted by Crippen LogP contribution is 2.16. The third-order valence-corrected chi connectivity index (χ3v) is 2.85. The van der Waals surface area contributed by atoms with Crippen LogP contribution < -0.4 is 0 Å². The van der Waals surface area contributed by atoms with Crippen molar-refractivity contribution in [2.45, 2.75) is 13.5 Å². The fraction of sp³-hybridized carbons (Fsp3) is 0.231. The summed E-state index contributed by atoms with van der Waals surface area (Å²) < 4.78 is 6.79. The minimum Gasteiger partial charge on any atom is -0.461 e. The van der Waals surface area contributed by atoms with E-state index in [1.165, 1.54) is 0 Å². The van der Waals surface area contributed by atoms with Crippen LogP contribution in [0.5, 0.6) is 0 Å². The topological polar surface area (TPSA) is 44.1 Å². The average Bonchev–Trinajstić information content (AvgIpc) is 2.81. The maximum Gasteiger partial charge on any atom is 0.354 e. The van der Waals surface area contributed by atoms with Crippen molar-refractivity contribution in [3.63, 3.8) is 0 Å². The molecule has 18 heavy (non-hydrogen) atoms.